The summed E-state index contributed by atoms with van der Waals surface area (Å²) in [5.41, 5.74) is 1.67. The number of carbonyl (C=O) groups is 2. The largest absolute Gasteiger partial charge is 0.497 e. The van der Waals surface area contributed by atoms with Crippen LogP contribution in [0.2, 0.25) is 5.02 Å². The van der Waals surface area contributed by atoms with E-state index in [0.29, 0.717) is 27.7 Å². The van der Waals surface area contributed by atoms with Crippen LogP contribution < -0.4 is 15.4 Å². The van der Waals surface area contributed by atoms with E-state index in [9.17, 15) is 9.59 Å². The molecule has 0 aromatic heterocycles. The predicted octanol–water partition coefficient (Wildman–Crippen LogP) is 5.62. The molecule has 2 amide bonds. The topological polar surface area (TPSA) is 67.4 Å². The molecular formula is C21H16BrClN2O3. The van der Waals surface area contributed by atoms with Crippen LogP contribution >= 0.6 is 27.5 Å². The number of hydrogen-bond donors (Lipinski definition) is 2. The molecule has 0 atom stereocenters. The molecule has 0 fully saturated rings. The van der Waals surface area contributed by atoms with Crippen LogP contribution in [0.15, 0.2) is 71.2 Å². The average molecular weight is 460 g/mol. The summed E-state index contributed by atoms with van der Waals surface area (Å²) < 4.78 is 5.89. The van der Waals surface area contributed by atoms with Crippen LogP contribution in [0.1, 0.15) is 20.7 Å². The fourth-order valence-corrected chi connectivity index (χ4v) is 3.08. The van der Waals surface area contributed by atoms with Crippen molar-refractivity contribution in [1.82, 2.24) is 0 Å². The van der Waals surface area contributed by atoms with Crippen LogP contribution in [0.3, 0.4) is 0 Å². The normalized spacial score (nSPS) is 10.2. The molecule has 0 spiro atoms. The van der Waals surface area contributed by atoms with Gasteiger partial charge in [0.1, 0.15) is 5.75 Å². The third-order valence-corrected chi connectivity index (χ3v) is 4.64. The first kappa shape index (κ1) is 19.9. The van der Waals surface area contributed by atoms with Crippen LogP contribution in [-0.2, 0) is 0 Å². The second-order valence-corrected chi connectivity index (χ2v) is 7.19. The van der Waals surface area contributed by atoms with Gasteiger partial charge in [0.05, 0.1) is 18.4 Å². The van der Waals surface area contributed by atoms with Gasteiger partial charge in [-0.05, 0) is 60.7 Å². The molecule has 28 heavy (non-hydrogen) atoms. The van der Waals surface area contributed by atoms with Crippen LogP contribution in [-0.4, -0.2) is 18.9 Å². The van der Waals surface area contributed by atoms with Crippen molar-refractivity contribution >= 4 is 50.7 Å². The van der Waals surface area contributed by atoms with Gasteiger partial charge < -0.3 is 15.4 Å². The van der Waals surface area contributed by atoms with Gasteiger partial charge in [0, 0.05) is 20.7 Å². The van der Waals surface area contributed by atoms with Crippen molar-refractivity contribution in [3.8, 4) is 5.75 Å². The fraction of sp³-hybridized carbons (Fsp3) is 0.0476. The van der Waals surface area contributed by atoms with Gasteiger partial charge in [0.25, 0.3) is 11.8 Å². The maximum absolute atomic E-state index is 12.8. The van der Waals surface area contributed by atoms with Crippen molar-refractivity contribution in [2.45, 2.75) is 0 Å². The molecule has 0 unspecified atom stereocenters. The van der Waals surface area contributed by atoms with Gasteiger partial charge in [-0.3, -0.25) is 9.59 Å². The van der Waals surface area contributed by atoms with Gasteiger partial charge in [-0.15, -0.1) is 0 Å². The van der Waals surface area contributed by atoms with E-state index in [1.807, 2.05) is 6.07 Å². The van der Waals surface area contributed by atoms with Gasteiger partial charge in [0.15, 0.2) is 0 Å². The number of halogens is 2. The molecule has 0 saturated heterocycles. The lowest BCUT2D eigenvalue weighted by Gasteiger charge is -2.12. The van der Waals surface area contributed by atoms with E-state index in [1.54, 1.807) is 61.7 Å². The standard InChI is InChI=1S/C21H16BrClN2O3/c1-28-17-8-6-16(7-9-17)24-21(27)18-12-15(23)5-10-19(18)25-20(26)13-3-2-4-14(22)11-13/h2-12H,1H3,(H,24,27)(H,25,26). The number of carbonyl (C=O) groups excluding carboxylic acids is 2. The summed E-state index contributed by atoms with van der Waals surface area (Å²) in [7, 11) is 1.57. The Hall–Kier alpha value is -2.83. The van der Waals surface area contributed by atoms with Crippen molar-refractivity contribution in [2.24, 2.45) is 0 Å². The smallest absolute Gasteiger partial charge is 0.257 e. The monoisotopic (exact) mass is 458 g/mol. The van der Waals surface area contributed by atoms with E-state index in [1.165, 1.54) is 6.07 Å². The summed E-state index contributed by atoms with van der Waals surface area (Å²) in [4.78, 5) is 25.3. The van der Waals surface area contributed by atoms with Gasteiger partial charge in [-0.25, -0.2) is 0 Å². The molecule has 0 radical (unpaired) electrons. The fourth-order valence-electron chi connectivity index (χ4n) is 2.51. The van der Waals surface area contributed by atoms with Crippen LogP contribution in [0.5, 0.6) is 5.75 Å². The number of nitrogens with one attached hydrogen (secondary N) is 2. The first-order valence-electron chi connectivity index (χ1n) is 8.28. The Bertz CT molecular complexity index is 1020. The summed E-state index contributed by atoms with van der Waals surface area (Å²) in [5.74, 6) is -0.0398. The molecule has 5 nitrogen and oxygen atoms in total. The third kappa shape index (κ3) is 4.91. The molecule has 2 N–H and O–H groups in total. The average Bonchev–Trinajstić information content (AvgIpc) is 2.69. The van der Waals surface area contributed by atoms with Gasteiger partial charge in [0.2, 0.25) is 0 Å². The molecule has 0 bridgehead atoms. The quantitative estimate of drug-likeness (QED) is 0.521. The second-order valence-electron chi connectivity index (χ2n) is 5.84. The molecular weight excluding hydrogens is 444 g/mol. The number of methoxy groups -OCH3 is 1. The summed E-state index contributed by atoms with van der Waals surface area (Å²) in [6, 6.07) is 18.6. The zero-order valence-corrected chi connectivity index (χ0v) is 17.2. The molecule has 7 heteroatoms. The highest BCUT2D eigenvalue weighted by atomic mass is 79.9. The Balaban J connectivity index is 1.83. The van der Waals surface area contributed by atoms with Crippen LogP contribution in [0, 0.1) is 0 Å². The van der Waals surface area contributed by atoms with E-state index in [-0.39, 0.29) is 11.5 Å². The first-order chi connectivity index (χ1) is 13.5. The van der Waals surface area contributed by atoms with E-state index in [0.717, 1.165) is 4.47 Å². The maximum Gasteiger partial charge on any atom is 0.257 e. The highest BCUT2D eigenvalue weighted by Gasteiger charge is 2.16. The van der Waals surface area contributed by atoms with Gasteiger partial charge in [-0.1, -0.05) is 33.6 Å². The Morgan fingerprint density at radius 3 is 2.36 bits per heavy atom. The van der Waals surface area contributed by atoms with Crippen LogP contribution in [0.4, 0.5) is 11.4 Å². The Morgan fingerprint density at radius 2 is 1.68 bits per heavy atom. The Kier molecular flexibility index (Phi) is 6.34. The Morgan fingerprint density at radius 1 is 0.929 bits per heavy atom. The number of hydrogen-bond acceptors (Lipinski definition) is 3. The van der Waals surface area contributed by atoms with Crippen molar-refractivity contribution in [3.05, 3.63) is 87.4 Å². The minimum Gasteiger partial charge on any atom is -0.497 e. The third-order valence-electron chi connectivity index (χ3n) is 3.91. The summed E-state index contributed by atoms with van der Waals surface area (Å²) >= 11 is 9.40. The molecule has 142 valence electrons. The van der Waals surface area contributed by atoms with E-state index in [4.69, 9.17) is 16.3 Å². The number of ether oxygens (including phenoxy) is 1. The second kappa shape index (κ2) is 8.91. The summed E-state index contributed by atoms with van der Waals surface area (Å²) in [6.07, 6.45) is 0. The minimum absolute atomic E-state index is 0.256. The van der Waals surface area contributed by atoms with Gasteiger partial charge in [-0.2, -0.15) is 0 Å². The predicted molar refractivity (Wildman–Crippen MR) is 114 cm³/mol. The SMILES string of the molecule is COc1ccc(NC(=O)c2cc(Cl)ccc2NC(=O)c2cccc(Br)c2)cc1. The van der Waals surface area contributed by atoms with Crippen molar-refractivity contribution < 1.29 is 14.3 Å². The van der Waals surface area contributed by atoms with E-state index >= 15 is 0 Å². The number of amides is 2. The lowest BCUT2D eigenvalue weighted by atomic mass is 10.1. The molecule has 0 aliphatic rings. The van der Waals surface area contributed by atoms with Gasteiger partial charge >= 0.3 is 0 Å². The molecule has 3 rings (SSSR count). The summed E-state index contributed by atoms with van der Waals surface area (Å²) in [5, 5.41) is 5.94. The molecule has 0 aliphatic carbocycles. The molecule has 0 aliphatic heterocycles. The van der Waals surface area contributed by atoms with E-state index in [2.05, 4.69) is 26.6 Å². The number of rotatable bonds is 5. The highest BCUT2D eigenvalue weighted by Crippen LogP contribution is 2.24. The maximum atomic E-state index is 12.8. The molecule has 3 aromatic carbocycles. The number of anilines is 2. The summed E-state index contributed by atoms with van der Waals surface area (Å²) in [6.45, 7) is 0. The lowest BCUT2D eigenvalue weighted by Crippen LogP contribution is -2.18. The lowest BCUT2D eigenvalue weighted by molar-refractivity contribution is 0.102. The first-order valence-corrected chi connectivity index (χ1v) is 9.45. The van der Waals surface area contributed by atoms with Crippen molar-refractivity contribution in [1.29, 1.82) is 0 Å². The van der Waals surface area contributed by atoms with E-state index < -0.39 is 5.91 Å². The zero-order valence-electron chi connectivity index (χ0n) is 14.8. The van der Waals surface area contributed by atoms with Crippen LogP contribution in [0.25, 0.3) is 0 Å². The highest BCUT2D eigenvalue weighted by molar-refractivity contribution is 9.10. The Labute approximate surface area is 175 Å². The van der Waals surface area contributed by atoms with Crippen molar-refractivity contribution in [2.75, 3.05) is 17.7 Å². The molecule has 3 aromatic rings. The molecule has 0 heterocycles. The minimum atomic E-state index is -0.391. The van der Waals surface area contributed by atoms with Crippen molar-refractivity contribution in [3.63, 3.8) is 0 Å². The number of benzene rings is 3. The zero-order chi connectivity index (χ0) is 20.1. The molecule has 0 saturated carbocycles.